The molecule has 0 amide bonds. The zero-order valence-electron chi connectivity index (χ0n) is 24.2. The van der Waals surface area contributed by atoms with Crippen LogP contribution in [-0.4, -0.2) is 36.9 Å². The van der Waals surface area contributed by atoms with Crippen molar-refractivity contribution in [3.63, 3.8) is 0 Å². The van der Waals surface area contributed by atoms with E-state index in [1.54, 1.807) is 6.20 Å². The summed E-state index contributed by atoms with van der Waals surface area (Å²) < 4.78 is 18.9. The van der Waals surface area contributed by atoms with E-state index in [9.17, 15) is 9.90 Å². The lowest BCUT2D eigenvalue weighted by atomic mass is 9.77. The van der Waals surface area contributed by atoms with Crippen molar-refractivity contribution in [1.82, 2.24) is 19.7 Å². The van der Waals surface area contributed by atoms with Crippen LogP contribution >= 0.6 is 0 Å². The minimum absolute atomic E-state index is 0.0847. The Morgan fingerprint density at radius 2 is 1.50 bits per heavy atom. The van der Waals surface area contributed by atoms with Gasteiger partial charge in [-0.3, -0.25) is 10.1 Å². The summed E-state index contributed by atoms with van der Waals surface area (Å²) in [6, 6.07) is 33.1. The number of fused-ring (bicyclic) bond motifs is 2. The van der Waals surface area contributed by atoms with Gasteiger partial charge in [0.2, 0.25) is 5.82 Å². The van der Waals surface area contributed by atoms with Crippen LogP contribution in [0.4, 0.5) is 10.2 Å². The molecule has 44 heavy (non-hydrogen) atoms. The molecule has 2 N–H and O–H groups in total. The number of rotatable bonds is 7. The van der Waals surface area contributed by atoms with Crippen molar-refractivity contribution in [2.45, 2.75) is 37.4 Å². The minimum atomic E-state index is -0.993. The van der Waals surface area contributed by atoms with E-state index >= 15 is 4.39 Å². The molecule has 7 rings (SSSR count). The number of halogens is 1. The average molecular weight is 586 g/mol. The van der Waals surface area contributed by atoms with Crippen molar-refractivity contribution in [3.05, 3.63) is 138 Å². The van der Waals surface area contributed by atoms with Crippen LogP contribution in [0.2, 0.25) is 0 Å². The Bertz CT molecular complexity index is 1900. The maximum atomic E-state index is 15.0. The molecule has 3 aromatic heterocycles. The van der Waals surface area contributed by atoms with E-state index in [0.29, 0.717) is 28.4 Å². The Labute approximate surface area is 253 Å². The second-order valence-electron chi connectivity index (χ2n) is 11.5. The molecule has 9 heteroatoms. The van der Waals surface area contributed by atoms with Gasteiger partial charge in [0.05, 0.1) is 18.0 Å². The van der Waals surface area contributed by atoms with E-state index in [-0.39, 0.29) is 6.42 Å². The second-order valence-corrected chi connectivity index (χ2v) is 11.5. The molecule has 3 aromatic carbocycles. The summed E-state index contributed by atoms with van der Waals surface area (Å²) in [5.74, 6) is -0.217. The first-order valence-corrected chi connectivity index (χ1v) is 14.4. The van der Waals surface area contributed by atoms with Gasteiger partial charge in [0.1, 0.15) is 29.1 Å². The minimum Gasteiger partial charge on any atom is -0.481 e. The molecule has 1 atom stereocenters. The highest BCUT2D eigenvalue weighted by molar-refractivity contribution is 5.89. The zero-order valence-corrected chi connectivity index (χ0v) is 24.2. The van der Waals surface area contributed by atoms with Crippen LogP contribution in [0.5, 0.6) is 0 Å². The van der Waals surface area contributed by atoms with Crippen LogP contribution in [0.3, 0.4) is 0 Å². The van der Waals surface area contributed by atoms with E-state index in [2.05, 4.69) is 46.7 Å². The fraction of sp³-hybridized carbons (Fsp3) is 0.171. The highest BCUT2D eigenvalue weighted by Gasteiger charge is 2.49. The first-order chi connectivity index (χ1) is 21.3. The zero-order chi connectivity index (χ0) is 30.5. The maximum absolute atomic E-state index is 15.0. The van der Waals surface area contributed by atoms with Crippen LogP contribution in [-0.2, 0) is 15.9 Å². The molecule has 0 radical (unpaired) electrons. The highest BCUT2D eigenvalue weighted by atomic mass is 19.1. The molecule has 0 saturated heterocycles. The van der Waals surface area contributed by atoms with Gasteiger partial charge in [0.25, 0.3) is 5.82 Å². The molecule has 218 valence electrons. The molecule has 0 aliphatic carbocycles. The van der Waals surface area contributed by atoms with Gasteiger partial charge < -0.3 is 5.11 Å². The largest absolute Gasteiger partial charge is 0.481 e. The smallest absolute Gasteiger partial charge is 0.307 e. The van der Waals surface area contributed by atoms with Gasteiger partial charge >= 0.3 is 5.97 Å². The number of benzene rings is 3. The lowest BCUT2D eigenvalue weighted by Gasteiger charge is -2.36. The standard InChI is InChI=1S/C35H29FN6O2/c1-34(2)28(21-30(43)44)39-29-18-19-37-33(41(29)34)31-27-20-26(36)22-38-32(27)42(40-31)35(23-12-6-3-7-13-23,24-14-8-4-9-15-24)25-16-10-5-11-17-25/h3-20,22,28H,21H2,1-2H3,(H,43,44)/p+1. The SMILES string of the molecule is CC1(C)C(CC(=O)O)Nc2ccnc(-c3nn(C(c4ccccc4)(c4ccccc4)c4ccccc4)c4ncc(F)cc34)[n+]21. The first-order valence-electron chi connectivity index (χ1n) is 14.4. The van der Waals surface area contributed by atoms with Crippen LogP contribution in [0.25, 0.3) is 22.6 Å². The van der Waals surface area contributed by atoms with Crippen molar-refractivity contribution in [3.8, 4) is 11.5 Å². The molecule has 8 nitrogen and oxygen atoms in total. The normalized spacial score (nSPS) is 15.6. The van der Waals surface area contributed by atoms with Gasteiger partial charge in [-0.15, -0.1) is 4.98 Å². The van der Waals surface area contributed by atoms with Crippen LogP contribution in [0.15, 0.2) is 116 Å². The number of nitrogens with one attached hydrogen (secondary N) is 1. The van der Waals surface area contributed by atoms with E-state index in [0.717, 1.165) is 16.7 Å². The second kappa shape index (κ2) is 10.4. The number of pyridine rings is 1. The van der Waals surface area contributed by atoms with Crippen LogP contribution in [0.1, 0.15) is 37.0 Å². The molecule has 0 fully saturated rings. The Morgan fingerprint density at radius 3 is 2.05 bits per heavy atom. The number of carboxylic acids is 1. The molecule has 0 saturated carbocycles. The Kier molecular flexibility index (Phi) is 6.46. The van der Waals surface area contributed by atoms with E-state index in [1.807, 2.05) is 83.8 Å². The summed E-state index contributed by atoms with van der Waals surface area (Å²) >= 11 is 0. The number of carbonyl (C=O) groups is 1. The highest BCUT2D eigenvalue weighted by Crippen LogP contribution is 2.43. The molecule has 4 heterocycles. The monoisotopic (exact) mass is 585 g/mol. The summed E-state index contributed by atoms with van der Waals surface area (Å²) in [7, 11) is 0. The molecule has 0 bridgehead atoms. The summed E-state index contributed by atoms with van der Waals surface area (Å²) in [6.45, 7) is 3.94. The molecule has 0 spiro atoms. The average Bonchev–Trinajstić information content (AvgIpc) is 3.53. The number of aliphatic carboxylic acids is 1. The predicted octanol–water partition coefficient (Wildman–Crippen LogP) is 5.76. The number of carboxylic acid groups (broad SMARTS) is 1. The van der Waals surface area contributed by atoms with Crippen molar-refractivity contribution in [1.29, 1.82) is 0 Å². The fourth-order valence-electron chi connectivity index (χ4n) is 6.55. The molecule has 1 aliphatic rings. The number of hydrogen-bond acceptors (Lipinski definition) is 5. The third-order valence-electron chi connectivity index (χ3n) is 8.61. The third-order valence-corrected chi connectivity index (χ3v) is 8.61. The first kappa shape index (κ1) is 27.4. The topological polar surface area (TPSA) is 96.8 Å². The van der Waals surface area contributed by atoms with Gasteiger partial charge in [0, 0.05) is 6.07 Å². The molecular formula is C35H30FN6O2+. The van der Waals surface area contributed by atoms with E-state index in [4.69, 9.17) is 10.1 Å². The van der Waals surface area contributed by atoms with Crippen molar-refractivity contribution in [2.24, 2.45) is 0 Å². The van der Waals surface area contributed by atoms with Gasteiger partial charge in [-0.2, -0.15) is 5.10 Å². The summed E-state index contributed by atoms with van der Waals surface area (Å²) in [5, 5.41) is 18.8. The quantitative estimate of drug-likeness (QED) is 0.183. The predicted molar refractivity (Wildman–Crippen MR) is 165 cm³/mol. The van der Waals surface area contributed by atoms with Gasteiger partial charge in [-0.05, 0) is 36.6 Å². The van der Waals surface area contributed by atoms with Crippen LogP contribution < -0.4 is 9.88 Å². The Balaban J connectivity index is 1.59. The summed E-state index contributed by atoms with van der Waals surface area (Å²) in [6.07, 6.45) is 2.78. The maximum Gasteiger partial charge on any atom is 0.307 e. The number of hydrogen-bond donors (Lipinski definition) is 2. The molecule has 1 unspecified atom stereocenters. The number of aromatic nitrogens is 5. The van der Waals surface area contributed by atoms with E-state index in [1.165, 1.54) is 12.3 Å². The Hall–Kier alpha value is -5.44. The van der Waals surface area contributed by atoms with Gasteiger partial charge in [-0.1, -0.05) is 91.0 Å². The van der Waals surface area contributed by atoms with Gasteiger partial charge in [0.15, 0.2) is 11.3 Å². The number of nitrogens with zero attached hydrogens (tertiary/aromatic N) is 5. The van der Waals surface area contributed by atoms with Gasteiger partial charge in [-0.25, -0.2) is 18.6 Å². The summed E-state index contributed by atoms with van der Waals surface area (Å²) in [4.78, 5) is 21.2. The fourth-order valence-corrected chi connectivity index (χ4v) is 6.55. The molecule has 6 aromatic rings. The van der Waals surface area contributed by atoms with Crippen molar-refractivity contribution in [2.75, 3.05) is 5.32 Å². The van der Waals surface area contributed by atoms with E-state index < -0.39 is 28.9 Å². The molecular weight excluding hydrogens is 555 g/mol. The Morgan fingerprint density at radius 1 is 0.932 bits per heavy atom. The lowest BCUT2D eigenvalue weighted by Crippen LogP contribution is -2.56. The van der Waals surface area contributed by atoms with Crippen molar-refractivity contribution >= 4 is 22.8 Å². The summed E-state index contributed by atoms with van der Waals surface area (Å²) in [5.41, 5.74) is 2.07. The third kappa shape index (κ3) is 4.15. The van der Waals surface area contributed by atoms with Crippen LogP contribution in [0, 0.1) is 5.82 Å². The number of anilines is 1. The lowest BCUT2D eigenvalue weighted by molar-refractivity contribution is -0.728. The van der Waals surface area contributed by atoms with Crippen molar-refractivity contribution < 1.29 is 18.9 Å². The molecule has 1 aliphatic heterocycles.